The van der Waals surface area contributed by atoms with E-state index in [1.165, 1.54) is 38.5 Å². The lowest BCUT2D eigenvalue weighted by atomic mass is 9.94. The van der Waals surface area contributed by atoms with Gasteiger partial charge in [-0.25, -0.2) is 0 Å². The summed E-state index contributed by atoms with van der Waals surface area (Å²) in [7, 11) is 1.91. The quantitative estimate of drug-likeness (QED) is 0.610. The molecule has 0 aliphatic carbocycles. The lowest BCUT2D eigenvalue weighted by Gasteiger charge is -2.15. The van der Waals surface area contributed by atoms with E-state index in [9.17, 15) is 4.79 Å². The van der Waals surface area contributed by atoms with E-state index in [0.717, 1.165) is 12.8 Å². The highest BCUT2D eigenvalue weighted by atomic mass is 16.5. The molecule has 1 N–H and O–H groups in total. The van der Waals surface area contributed by atoms with Crippen molar-refractivity contribution < 1.29 is 9.53 Å². The highest BCUT2D eigenvalue weighted by Crippen LogP contribution is 2.18. The average Bonchev–Trinajstić information content (AvgIpc) is 2.85. The Bertz CT molecular complexity index is 231. The Balaban J connectivity index is 2.03. The molecule has 0 amide bonds. The molecule has 0 radical (unpaired) electrons. The molecule has 0 saturated carbocycles. The topological polar surface area (TPSA) is 38.3 Å². The van der Waals surface area contributed by atoms with E-state index < -0.39 is 0 Å². The number of hydrogen-bond acceptors (Lipinski definition) is 3. The molecule has 3 nitrogen and oxygen atoms in total. The average molecular weight is 255 g/mol. The van der Waals surface area contributed by atoms with E-state index in [-0.39, 0.29) is 12.0 Å². The molecule has 1 aliphatic rings. The number of hydrogen-bond donors (Lipinski definition) is 1. The van der Waals surface area contributed by atoms with E-state index in [2.05, 4.69) is 12.2 Å². The maximum Gasteiger partial charge on any atom is 0.139 e. The highest BCUT2D eigenvalue weighted by molar-refractivity contribution is 5.82. The zero-order valence-electron chi connectivity index (χ0n) is 12.0. The summed E-state index contributed by atoms with van der Waals surface area (Å²) in [6.07, 6.45) is 9.60. The number of rotatable bonds is 10. The van der Waals surface area contributed by atoms with Crippen molar-refractivity contribution >= 4 is 5.78 Å². The fraction of sp³-hybridized carbons (Fsp3) is 0.933. The predicted octanol–water partition coefficient (Wildman–Crippen LogP) is 2.93. The molecule has 0 aromatic rings. The Morgan fingerprint density at radius 2 is 1.78 bits per heavy atom. The number of ether oxygens (including phenoxy) is 1. The normalized spacial score (nSPS) is 23.4. The van der Waals surface area contributed by atoms with Crippen LogP contribution in [0, 0.1) is 5.92 Å². The fourth-order valence-electron chi connectivity index (χ4n) is 2.60. The Morgan fingerprint density at radius 3 is 2.44 bits per heavy atom. The van der Waals surface area contributed by atoms with Crippen molar-refractivity contribution in [2.24, 2.45) is 5.92 Å². The van der Waals surface area contributed by atoms with Gasteiger partial charge in [0.1, 0.15) is 5.78 Å². The van der Waals surface area contributed by atoms with Crippen LogP contribution < -0.4 is 5.32 Å². The van der Waals surface area contributed by atoms with Gasteiger partial charge in [0.25, 0.3) is 0 Å². The van der Waals surface area contributed by atoms with Gasteiger partial charge in [-0.15, -0.1) is 0 Å². The first-order valence-electron chi connectivity index (χ1n) is 7.57. The van der Waals surface area contributed by atoms with Gasteiger partial charge in [-0.2, -0.15) is 0 Å². The van der Waals surface area contributed by atoms with Crippen molar-refractivity contribution in [3.8, 4) is 0 Å². The van der Waals surface area contributed by atoms with Crippen molar-refractivity contribution in [1.29, 1.82) is 0 Å². The summed E-state index contributed by atoms with van der Waals surface area (Å²) in [5.74, 6) is 0.482. The Morgan fingerprint density at radius 1 is 1.11 bits per heavy atom. The van der Waals surface area contributed by atoms with Gasteiger partial charge in [0.05, 0.1) is 19.1 Å². The van der Waals surface area contributed by atoms with Gasteiger partial charge in [-0.3, -0.25) is 4.79 Å². The second kappa shape index (κ2) is 9.51. The van der Waals surface area contributed by atoms with Gasteiger partial charge < -0.3 is 10.1 Å². The van der Waals surface area contributed by atoms with Crippen LogP contribution in [0.5, 0.6) is 0 Å². The number of unbranched alkanes of at least 4 members (excludes halogenated alkanes) is 6. The third-order valence-corrected chi connectivity index (χ3v) is 3.89. The summed E-state index contributed by atoms with van der Waals surface area (Å²) in [6, 6.07) is 0.238. The van der Waals surface area contributed by atoms with Crippen LogP contribution in [0.2, 0.25) is 0 Å². The summed E-state index contributed by atoms with van der Waals surface area (Å²) in [6.45, 7) is 3.53. The molecule has 1 fully saturated rings. The molecule has 0 spiro atoms. The number of Topliss-reactive ketones (excluding diaryl/α,β-unsaturated/α-hetero) is 1. The minimum atomic E-state index is 0.0927. The molecule has 2 atom stereocenters. The number of carbonyl (C=O) groups is 1. The fourth-order valence-corrected chi connectivity index (χ4v) is 2.60. The van der Waals surface area contributed by atoms with Gasteiger partial charge in [-0.1, -0.05) is 45.4 Å². The molecule has 1 saturated heterocycles. The summed E-state index contributed by atoms with van der Waals surface area (Å²) in [5.41, 5.74) is 0. The van der Waals surface area contributed by atoms with Crippen LogP contribution in [0.25, 0.3) is 0 Å². The molecule has 1 aliphatic heterocycles. The van der Waals surface area contributed by atoms with E-state index in [4.69, 9.17) is 4.74 Å². The van der Waals surface area contributed by atoms with Crippen LogP contribution >= 0.6 is 0 Å². The van der Waals surface area contributed by atoms with Crippen molar-refractivity contribution in [2.45, 2.75) is 64.3 Å². The smallest absolute Gasteiger partial charge is 0.139 e. The maximum atomic E-state index is 12.0. The molecular weight excluding hydrogens is 226 g/mol. The lowest BCUT2D eigenvalue weighted by Crippen LogP contribution is -2.36. The summed E-state index contributed by atoms with van der Waals surface area (Å²) in [4.78, 5) is 12.0. The van der Waals surface area contributed by atoms with Crippen LogP contribution in [0.15, 0.2) is 0 Å². The van der Waals surface area contributed by atoms with E-state index in [0.29, 0.717) is 19.0 Å². The Kier molecular flexibility index (Phi) is 8.27. The van der Waals surface area contributed by atoms with E-state index in [1.807, 2.05) is 7.05 Å². The Hall–Kier alpha value is -0.410. The Labute approximate surface area is 112 Å². The molecule has 1 rings (SSSR count). The minimum absolute atomic E-state index is 0.0927. The highest BCUT2D eigenvalue weighted by Gasteiger charge is 2.31. The number of nitrogens with one attached hydrogen (secondary N) is 1. The van der Waals surface area contributed by atoms with Gasteiger partial charge in [0, 0.05) is 12.5 Å². The molecule has 1 heterocycles. The molecule has 106 valence electrons. The molecular formula is C15H29NO2. The van der Waals surface area contributed by atoms with Gasteiger partial charge in [-0.05, 0) is 13.5 Å². The SMILES string of the molecule is CCCCCCCCCC(=O)C1COCC1NC. The van der Waals surface area contributed by atoms with Crippen molar-refractivity contribution in [1.82, 2.24) is 5.32 Å². The monoisotopic (exact) mass is 255 g/mol. The standard InChI is InChI=1S/C15H29NO2/c1-3-4-5-6-7-8-9-10-15(17)13-11-18-12-14(13)16-2/h13-14,16H,3-12H2,1-2H3. The second-order valence-electron chi connectivity index (χ2n) is 5.38. The minimum Gasteiger partial charge on any atom is -0.379 e. The molecule has 0 bridgehead atoms. The van der Waals surface area contributed by atoms with Crippen LogP contribution in [0.3, 0.4) is 0 Å². The first-order valence-corrected chi connectivity index (χ1v) is 7.57. The van der Waals surface area contributed by atoms with Crippen LogP contribution in [-0.2, 0) is 9.53 Å². The van der Waals surface area contributed by atoms with Crippen molar-refractivity contribution in [2.75, 3.05) is 20.3 Å². The van der Waals surface area contributed by atoms with Gasteiger partial charge >= 0.3 is 0 Å². The molecule has 3 heteroatoms. The first kappa shape index (κ1) is 15.6. The summed E-state index contributed by atoms with van der Waals surface area (Å²) >= 11 is 0. The van der Waals surface area contributed by atoms with Crippen molar-refractivity contribution in [3.05, 3.63) is 0 Å². The lowest BCUT2D eigenvalue weighted by molar-refractivity contribution is -0.123. The zero-order valence-corrected chi connectivity index (χ0v) is 12.0. The van der Waals surface area contributed by atoms with Crippen LogP contribution in [-0.4, -0.2) is 32.1 Å². The van der Waals surface area contributed by atoms with Gasteiger partial charge in [0.2, 0.25) is 0 Å². The number of carbonyl (C=O) groups excluding carboxylic acids is 1. The molecule has 18 heavy (non-hydrogen) atoms. The van der Waals surface area contributed by atoms with E-state index in [1.54, 1.807) is 0 Å². The summed E-state index contributed by atoms with van der Waals surface area (Å²) < 4.78 is 5.37. The predicted molar refractivity (Wildman–Crippen MR) is 74.8 cm³/mol. The van der Waals surface area contributed by atoms with Crippen LogP contribution in [0.4, 0.5) is 0 Å². The largest absolute Gasteiger partial charge is 0.379 e. The third kappa shape index (κ3) is 5.49. The van der Waals surface area contributed by atoms with Gasteiger partial charge in [0.15, 0.2) is 0 Å². The maximum absolute atomic E-state index is 12.0. The molecule has 0 aromatic carbocycles. The van der Waals surface area contributed by atoms with E-state index >= 15 is 0 Å². The molecule has 0 aromatic heterocycles. The first-order chi connectivity index (χ1) is 8.79. The van der Waals surface area contributed by atoms with Crippen molar-refractivity contribution in [3.63, 3.8) is 0 Å². The number of likely N-dealkylation sites (N-methyl/N-ethyl adjacent to an activating group) is 1. The van der Waals surface area contributed by atoms with Crippen LogP contribution in [0.1, 0.15) is 58.3 Å². The summed E-state index contributed by atoms with van der Waals surface area (Å²) in [5, 5.41) is 3.17. The zero-order chi connectivity index (χ0) is 13.2. The second-order valence-corrected chi connectivity index (χ2v) is 5.38. The number of ketones is 1. The third-order valence-electron chi connectivity index (χ3n) is 3.89. The molecule has 2 unspecified atom stereocenters.